The fourth-order valence-electron chi connectivity index (χ4n) is 2.42. The zero-order chi connectivity index (χ0) is 12.1. The monoisotopic (exact) mass is 213 g/mol. The van der Waals surface area contributed by atoms with Crippen molar-refractivity contribution in [2.45, 2.75) is 53.9 Å². The first-order chi connectivity index (χ1) is 6.93. The smallest absolute Gasteiger partial charge is 0.219 e. The average molecular weight is 213 g/mol. The lowest BCUT2D eigenvalue weighted by atomic mass is 9.62. The van der Waals surface area contributed by atoms with Gasteiger partial charge in [0.15, 0.2) is 0 Å². The molecule has 2 nitrogen and oxygen atoms in total. The van der Waals surface area contributed by atoms with Crippen LogP contribution >= 0.6 is 0 Å². The van der Waals surface area contributed by atoms with E-state index in [2.05, 4.69) is 13.8 Å². The highest BCUT2D eigenvalue weighted by molar-refractivity contribution is 5.72. The summed E-state index contributed by atoms with van der Waals surface area (Å²) in [6.07, 6.45) is 3.82. The molecule has 0 N–H and O–H groups in total. The molecule has 0 aromatic carbocycles. The Morgan fingerprint density at radius 1 is 1.40 bits per heavy atom. The molecule has 1 saturated carbocycles. The van der Waals surface area contributed by atoms with Gasteiger partial charge in [0, 0.05) is 20.5 Å². The molecule has 1 fully saturated rings. The van der Waals surface area contributed by atoms with Gasteiger partial charge in [0.05, 0.1) is 0 Å². The van der Waals surface area contributed by atoms with Crippen LogP contribution in [0.4, 0.5) is 0 Å². The summed E-state index contributed by atoms with van der Waals surface area (Å²) < 4.78 is 0. The molecule has 1 aliphatic carbocycles. The van der Waals surface area contributed by atoms with Crippen LogP contribution in [0.15, 0.2) is 0 Å². The van der Waals surface area contributed by atoms with Crippen LogP contribution in [0.1, 0.15) is 53.9 Å². The molecule has 1 rings (SSSR count). The Hall–Kier alpha value is -0.530. The van der Waals surface area contributed by atoms with E-state index in [4.69, 9.17) is 0 Å². The summed E-state index contributed by atoms with van der Waals surface area (Å²) in [5.41, 5.74) is 0.517. The molecule has 0 aromatic heterocycles. The van der Waals surface area contributed by atoms with Crippen LogP contribution in [-0.2, 0) is 4.79 Å². The number of nitrogens with zero attached hydrogens (tertiary/aromatic N) is 1. The number of carbonyl (C=O) groups excluding carboxylic acids is 1. The first-order valence-electron chi connectivity index (χ1n) is 6.15. The molecular formula is C13H27NO. The predicted octanol–water partition coefficient (Wildman–Crippen LogP) is 3.32. The van der Waals surface area contributed by atoms with Gasteiger partial charge in [-0.2, -0.15) is 0 Å². The average Bonchev–Trinajstić information content (AvgIpc) is 2.15. The van der Waals surface area contributed by atoms with Gasteiger partial charge in [-0.25, -0.2) is 0 Å². The second-order valence-corrected chi connectivity index (χ2v) is 5.01. The Bertz CT molecular complexity index is 195. The lowest BCUT2D eigenvalue weighted by Gasteiger charge is -2.44. The molecule has 0 aliphatic heterocycles. The van der Waals surface area contributed by atoms with Crippen molar-refractivity contribution >= 4 is 5.91 Å². The van der Waals surface area contributed by atoms with Gasteiger partial charge in [-0.05, 0) is 30.6 Å². The second kappa shape index (κ2) is 6.14. The molecule has 90 valence electrons. The quantitative estimate of drug-likeness (QED) is 0.704. The topological polar surface area (TPSA) is 20.3 Å². The van der Waals surface area contributed by atoms with Crippen molar-refractivity contribution in [1.29, 1.82) is 0 Å². The Morgan fingerprint density at radius 3 is 2.20 bits per heavy atom. The molecule has 0 radical (unpaired) electrons. The predicted molar refractivity (Wildman–Crippen MR) is 65.8 cm³/mol. The minimum absolute atomic E-state index is 0.177. The number of hydrogen-bond donors (Lipinski definition) is 0. The summed E-state index contributed by atoms with van der Waals surface area (Å²) >= 11 is 0. The third kappa shape index (κ3) is 4.67. The molecule has 15 heavy (non-hydrogen) atoms. The molecule has 0 bridgehead atoms. The number of carbonyl (C=O) groups is 1. The summed E-state index contributed by atoms with van der Waals surface area (Å²) in [7, 11) is 1.88. The highest BCUT2D eigenvalue weighted by atomic mass is 16.2. The van der Waals surface area contributed by atoms with Gasteiger partial charge in [0.25, 0.3) is 0 Å². The minimum Gasteiger partial charge on any atom is -0.346 e. The Labute approximate surface area is 95.0 Å². The van der Waals surface area contributed by atoms with Crippen molar-refractivity contribution in [2.24, 2.45) is 11.3 Å². The highest BCUT2D eigenvalue weighted by Gasteiger charge is 2.37. The van der Waals surface area contributed by atoms with Crippen molar-refractivity contribution in [2.75, 3.05) is 13.6 Å². The Morgan fingerprint density at radius 2 is 1.87 bits per heavy atom. The Kier molecular flexibility index (Phi) is 5.92. The molecule has 0 heterocycles. The maximum atomic E-state index is 11.0. The lowest BCUT2D eigenvalue weighted by Crippen LogP contribution is -2.37. The van der Waals surface area contributed by atoms with Crippen molar-refractivity contribution < 1.29 is 4.79 Å². The third-order valence-corrected chi connectivity index (χ3v) is 3.27. The van der Waals surface area contributed by atoms with Gasteiger partial charge in [0.1, 0.15) is 0 Å². The van der Waals surface area contributed by atoms with E-state index in [0.717, 1.165) is 18.9 Å². The minimum atomic E-state index is 0.177. The zero-order valence-electron chi connectivity index (χ0n) is 11.3. The van der Waals surface area contributed by atoms with Crippen LogP contribution in [0, 0.1) is 11.3 Å². The largest absolute Gasteiger partial charge is 0.346 e. The lowest BCUT2D eigenvalue weighted by molar-refractivity contribution is -0.128. The second-order valence-electron chi connectivity index (χ2n) is 5.01. The fraction of sp³-hybridized carbons (Fsp3) is 0.923. The molecule has 0 aromatic rings. The van der Waals surface area contributed by atoms with Gasteiger partial charge in [-0.1, -0.05) is 27.7 Å². The molecule has 0 saturated heterocycles. The summed E-state index contributed by atoms with van der Waals surface area (Å²) in [5, 5.41) is 0. The van der Waals surface area contributed by atoms with Crippen LogP contribution in [0.5, 0.6) is 0 Å². The Balaban J connectivity index is 0.000000921. The van der Waals surface area contributed by atoms with E-state index in [0.29, 0.717) is 5.41 Å². The number of rotatable bonds is 3. The summed E-state index contributed by atoms with van der Waals surface area (Å²) in [6, 6.07) is 0. The van der Waals surface area contributed by atoms with Gasteiger partial charge in [0.2, 0.25) is 5.91 Å². The van der Waals surface area contributed by atoms with E-state index in [1.54, 1.807) is 6.92 Å². The molecular weight excluding hydrogens is 186 g/mol. The van der Waals surface area contributed by atoms with Gasteiger partial charge in [-0.15, -0.1) is 0 Å². The molecule has 1 aliphatic rings. The normalized spacial score (nSPS) is 28.5. The zero-order valence-corrected chi connectivity index (χ0v) is 11.3. The maximum Gasteiger partial charge on any atom is 0.219 e. The standard InChI is InChI=1S/C11H21NO.C2H6/c1-9-7-11(3,8-9)5-6-12(4)10(2)13;1-2/h9H,5-8H2,1-4H3;1-2H3. The van der Waals surface area contributed by atoms with Crippen LogP contribution in [0.3, 0.4) is 0 Å². The molecule has 0 atom stereocenters. The van der Waals surface area contributed by atoms with E-state index in [1.807, 2.05) is 25.8 Å². The maximum absolute atomic E-state index is 11.0. The van der Waals surface area contributed by atoms with Crippen molar-refractivity contribution in [3.63, 3.8) is 0 Å². The summed E-state index contributed by atoms with van der Waals surface area (Å²) in [6.45, 7) is 11.2. The molecule has 1 amide bonds. The van der Waals surface area contributed by atoms with Crippen molar-refractivity contribution in [3.05, 3.63) is 0 Å². The molecule has 0 spiro atoms. The highest BCUT2D eigenvalue weighted by Crippen LogP contribution is 2.47. The van der Waals surface area contributed by atoms with Crippen molar-refractivity contribution in [1.82, 2.24) is 4.90 Å². The van der Waals surface area contributed by atoms with E-state index in [1.165, 1.54) is 12.8 Å². The molecule has 0 unspecified atom stereocenters. The molecule has 2 heteroatoms. The van der Waals surface area contributed by atoms with Gasteiger partial charge < -0.3 is 4.90 Å². The van der Waals surface area contributed by atoms with Crippen LogP contribution in [-0.4, -0.2) is 24.4 Å². The first-order valence-corrected chi connectivity index (χ1v) is 6.15. The van der Waals surface area contributed by atoms with E-state index in [-0.39, 0.29) is 5.91 Å². The van der Waals surface area contributed by atoms with Crippen molar-refractivity contribution in [3.8, 4) is 0 Å². The van der Waals surface area contributed by atoms with Crippen LogP contribution < -0.4 is 0 Å². The number of hydrogen-bond acceptors (Lipinski definition) is 1. The van der Waals surface area contributed by atoms with Crippen LogP contribution in [0.2, 0.25) is 0 Å². The summed E-state index contributed by atoms with van der Waals surface area (Å²) in [4.78, 5) is 12.8. The fourth-order valence-corrected chi connectivity index (χ4v) is 2.42. The van der Waals surface area contributed by atoms with E-state index < -0.39 is 0 Å². The SMILES string of the molecule is CC.CC(=O)N(C)CCC1(C)CC(C)C1. The first kappa shape index (κ1) is 14.5. The van der Waals surface area contributed by atoms with Gasteiger partial charge in [-0.3, -0.25) is 4.79 Å². The number of amides is 1. The third-order valence-electron chi connectivity index (χ3n) is 3.27. The van der Waals surface area contributed by atoms with E-state index >= 15 is 0 Å². The van der Waals surface area contributed by atoms with Gasteiger partial charge >= 0.3 is 0 Å². The summed E-state index contributed by atoms with van der Waals surface area (Å²) in [5.74, 6) is 1.07. The van der Waals surface area contributed by atoms with E-state index in [9.17, 15) is 4.79 Å². The van der Waals surface area contributed by atoms with Crippen LogP contribution in [0.25, 0.3) is 0 Å².